The second-order valence-electron chi connectivity index (χ2n) is 4.70. The monoisotopic (exact) mass is 335 g/mol. The predicted octanol–water partition coefficient (Wildman–Crippen LogP) is 0.261. The number of hydrogen-bond acceptors (Lipinski definition) is 8. The highest BCUT2D eigenvalue weighted by Gasteiger charge is 2.19. The molecule has 128 valence electrons. The van der Waals surface area contributed by atoms with Crippen molar-refractivity contribution in [2.45, 2.75) is 19.6 Å². The molecule has 10 nitrogen and oxygen atoms in total. The molecule has 1 N–H and O–H groups in total. The summed E-state index contributed by atoms with van der Waals surface area (Å²) in [7, 11) is 3.01. The van der Waals surface area contributed by atoms with Crippen LogP contribution in [0.25, 0.3) is 0 Å². The van der Waals surface area contributed by atoms with Crippen molar-refractivity contribution in [2.24, 2.45) is 0 Å². The number of benzene rings is 1. The van der Waals surface area contributed by atoms with Gasteiger partial charge in [0.05, 0.1) is 14.2 Å². The normalized spacial score (nSPS) is 11.5. The number of tetrazole rings is 1. The van der Waals surface area contributed by atoms with Crippen molar-refractivity contribution in [3.8, 4) is 11.5 Å². The number of nitrogens with zero attached hydrogens (tertiary/aromatic N) is 4. The summed E-state index contributed by atoms with van der Waals surface area (Å²) < 4.78 is 16.5. The first-order chi connectivity index (χ1) is 11.5. The maximum absolute atomic E-state index is 12.1. The molecule has 0 aliphatic rings. The van der Waals surface area contributed by atoms with E-state index in [4.69, 9.17) is 14.2 Å². The minimum Gasteiger partial charge on any atom is -0.493 e. The molecular formula is C14H17N5O5. The zero-order valence-corrected chi connectivity index (χ0v) is 13.4. The van der Waals surface area contributed by atoms with Crippen LogP contribution in [0.2, 0.25) is 0 Å². The van der Waals surface area contributed by atoms with Crippen LogP contribution < -0.4 is 14.8 Å². The van der Waals surface area contributed by atoms with Crippen LogP contribution in [0.5, 0.6) is 11.5 Å². The number of aromatic nitrogens is 4. The van der Waals surface area contributed by atoms with Gasteiger partial charge in [0.25, 0.3) is 5.91 Å². The third kappa shape index (κ3) is 4.41. The second-order valence-corrected chi connectivity index (χ2v) is 4.70. The smallest absolute Gasteiger partial charge is 0.328 e. The average molecular weight is 335 g/mol. The second kappa shape index (κ2) is 7.90. The molecule has 1 aromatic carbocycles. The highest BCUT2D eigenvalue weighted by Crippen LogP contribution is 2.29. The first-order valence-electron chi connectivity index (χ1n) is 6.96. The Labute approximate surface area is 137 Å². The maximum atomic E-state index is 12.1. The highest BCUT2D eigenvalue weighted by atomic mass is 16.5. The number of hydrogen-bond donors (Lipinski definition) is 1. The lowest BCUT2D eigenvalue weighted by Gasteiger charge is -2.14. The molecule has 1 heterocycles. The number of amides is 1. The minimum absolute atomic E-state index is 0.180. The number of rotatable bonds is 7. The molecule has 0 aliphatic heterocycles. The van der Waals surface area contributed by atoms with Gasteiger partial charge in [0.1, 0.15) is 12.9 Å². The lowest BCUT2D eigenvalue weighted by Crippen LogP contribution is -2.31. The Balaban J connectivity index is 1.92. The number of anilines is 1. The van der Waals surface area contributed by atoms with Crippen LogP contribution in [-0.2, 0) is 20.9 Å². The number of esters is 1. The highest BCUT2D eigenvalue weighted by molar-refractivity contribution is 5.95. The molecule has 0 saturated carbocycles. The fourth-order valence-corrected chi connectivity index (χ4v) is 1.83. The summed E-state index contributed by atoms with van der Waals surface area (Å²) in [5.41, 5.74) is 0.487. The van der Waals surface area contributed by atoms with Crippen molar-refractivity contribution in [2.75, 3.05) is 19.5 Å². The van der Waals surface area contributed by atoms with E-state index in [2.05, 4.69) is 20.8 Å². The van der Waals surface area contributed by atoms with E-state index < -0.39 is 18.0 Å². The Morgan fingerprint density at radius 3 is 2.62 bits per heavy atom. The van der Waals surface area contributed by atoms with Crippen LogP contribution in [0.4, 0.5) is 5.69 Å². The van der Waals surface area contributed by atoms with Crippen LogP contribution in [0.3, 0.4) is 0 Å². The average Bonchev–Trinajstić information content (AvgIpc) is 3.07. The Hall–Kier alpha value is -3.17. The van der Waals surface area contributed by atoms with E-state index in [0.717, 1.165) is 0 Å². The first kappa shape index (κ1) is 17.2. The molecular weight excluding hydrogens is 318 g/mol. The van der Waals surface area contributed by atoms with Crippen LogP contribution in [-0.4, -0.2) is 52.4 Å². The molecule has 2 rings (SSSR count). The zero-order valence-electron chi connectivity index (χ0n) is 13.4. The summed E-state index contributed by atoms with van der Waals surface area (Å²) in [6.45, 7) is 1.29. The van der Waals surface area contributed by atoms with Crippen LogP contribution in [0.1, 0.15) is 6.92 Å². The van der Waals surface area contributed by atoms with Gasteiger partial charge in [-0.05, 0) is 29.5 Å². The molecule has 1 amide bonds. The quantitative estimate of drug-likeness (QED) is 0.716. The molecule has 0 fully saturated rings. The first-order valence-corrected chi connectivity index (χ1v) is 6.96. The Bertz CT molecular complexity index is 704. The van der Waals surface area contributed by atoms with Crippen molar-refractivity contribution in [3.63, 3.8) is 0 Å². The van der Waals surface area contributed by atoms with E-state index in [0.29, 0.717) is 17.2 Å². The van der Waals surface area contributed by atoms with E-state index in [-0.39, 0.29) is 6.54 Å². The summed E-state index contributed by atoms with van der Waals surface area (Å²) in [6, 6.07) is 4.91. The molecule has 0 aliphatic carbocycles. The molecule has 0 radical (unpaired) electrons. The Morgan fingerprint density at radius 1 is 1.25 bits per heavy atom. The third-order valence-electron chi connectivity index (χ3n) is 3.01. The molecule has 0 spiro atoms. The van der Waals surface area contributed by atoms with Crippen molar-refractivity contribution in [1.29, 1.82) is 0 Å². The van der Waals surface area contributed by atoms with Crippen LogP contribution in [0, 0.1) is 0 Å². The van der Waals surface area contributed by atoms with Gasteiger partial charge in [-0.3, -0.25) is 9.59 Å². The van der Waals surface area contributed by atoms with Crippen molar-refractivity contribution in [1.82, 2.24) is 20.2 Å². The minimum atomic E-state index is -0.984. The third-order valence-corrected chi connectivity index (χ3v) is 3.01. The van der Waals surface area contributed by atoms with Gasteiger partial charge in [-0.25, -0.2) is 4.68 Å². The predicted molar refractivity (Wildman–Crippen MR) is 81.5 cm³/mol. The largest absolute Gasteiger partial charge is 0.493 e. The maximum Gasteiger partial charge on any atom is 0.328 e. The van der Waals surface area contributed by atoms with Crippen molar-refractivity contribution in [3.05, 3.63) is 24.5 Å². The number of methoxy groups -OCH3 is 2. The van der Waals surface area contributed by atoms with E-state index in [1.165, 1.54) is 32.2 Å². The molecule has 0 saturated heterocycles. The van der Waals surface area contributed by atoms with Gasteiger partial charge in [0.15, 0.2) is 17.6 Å². The fraction of sp³-hybridized carbons (Fsp3) is 0.357. The molecule has 24 heavy (non-hydrogen) atoms. The lowest BCUT2D eigenvalue weighted by atomic mass is 10.2. The fourth-order valence-electron chi connectivity index (χ4n) is 1.83. The SMILES string of the molecule is COc1ccc(NC(=O)[C@H](C)OC(=O)Cn2cnnn2)cc1OC. The number of carbonyl (C=O) groups excluding carboxylic acids is 2. The molecule has 10 heteroatoms. The summed E-state index contributed by atoms with van der Waals surface area (Å²) in [4.78, 5) is 23.8. The molecule has 2 aromatic rings. The lowest BCUT2D eigenvalue weighted by molar-refractivity contribution is -0.153. The summed E-state index contributed by atoms with van der Waals surface area (Å²) in [5, 5.41) is 13.0. The van der Waals surface area contributed by atoms with Gasteiger partial charge in [-0.1, -0.05) is 0 Å². The molecule has 1 aromatic heterocycles. The molecule has 0 bridgehead atoms. The van der Waals surface area contributed by atoms with Gasteiger partial charge in [0, 0.05) is 11.8 Å². The standard InChI is InChI=1S/C14H17N5O5/c1-9(24-13(20)7-19-8-15-17-18-19)14(21)16-10-4-5-11(22-2)12(6-10)23-3/h4-6,8-9H,7H2,1-3H3,(H,16,21)/t9-/m0/s1. The Morgan fingerprint density at radius 2 is 2.00 bits per heavy atom. The summed E-state index contributed by atoms with van der Waals surface area (Å²) in [5.74, 6) is -0.0976. The van der Waals surface area contributed by atoms with Crippen LogP contribution in [0.15, 0.2) is 24.5 Å². The van der Waals surface area contributed by atoms with Crippen LogP contribution >= 0.6 is 0 Å². The number of ether oxygens (including phenoxy) is 3. The topological polar surface area (TPSA) is 117 Å². The molecule has 0 unspecified atom stereocenters. The summed E-state index contributed by atoms with van der Waals surface area (Å²) >= 11 is 0. The van der Waals surface area contributed by atoms with E-state index in [1.54, 1.807) is 18.2 Å². The molecule has 1 atom stereocenters. The van der Waals surface area contributed by atoms with E-state index >= 15 is 0 Å². The van der Waals surface area contributed by atoms with Crippen molar-refractivity contribution >= 4 is 17.6 Å². The Kier molecular flexibility index (Phi) is 5.66. The van der Waals surface area contributed by atoms with Gasteiger partial charge in [0.2, 0.25) is 0 Å². The van der Waals surface area contributed by atoms with Crippen molar-refractivity contribution < 1.29 is 23.8 Å². The van der Waals surface area contributed by atoms with Gasteiger partial charge < -0.3 is 19.5 Å². The number of nitrogens with one attached hydrogen (secondary N) is 1. The summed E-state index contributed by atoms with van der Waals surface area (Å²) in [6.07, 6.45) is 0.289. The van der Waals surface area contributed by atoms with E-state index in [1.807, 2.05) is 0 Å². The zero-order chi connectivity index (χ0) is 17.5. The number of carbonyl (C=O) groups is 2. The van der Waals surface area contributed by atoms with Gasteiger partial charge >= 0.3 is 5.97 Å². The van der Waals surface area contributed by atoms with Gasteiger partial charge in [-0.15, -0.1) is 5.10 Å². The van der Waals surface area contributed by atoms with Gasteiger partial charge in [-0.2, -0.15) is 0 Å². The van der Waals surface area contributed by atoms with E-state index in [9.17, 15) is 9.59 Å².